The molecule has 0 unspecified atom stereocenters. The largest absolute Gasteiger partial charge is 0.381 e. The maximum absolute atomic E-state index is 12.7. The zero-order valence-corrected chi connectivity index (χ0v) is 16.8. The molecule has 146 valence electrons. The molecule has 2 heterocycles. The van der Waals surface area contributed by atoms with Gasteiger partial charge in [-0.05, 0) is 52.9 Å². The van der Waals surface area contributed by atoms with Gasteiger partial charge in [-0.25, -0.2) is 4.68 Å². The van der Waals surface area contributed by atoms with E-state index < -0.39 is 0 Å². The molecule has 1 aliphatic heterocycles. The number of ether oxygens (including phenoxy) is 1. The molecule has 0 bridgehead atoms. The number of rotatable bonds is 6. The summed E-state index contributed by atoms with van der Waals surface area (Å²) >= 11 is 0. The molecule has 1 aromatic carbocycles. The maximum atomic E-state index is 12.7. The first-order valence-electron chi connectivity index (χ1n) is 9.55. The van der Waals surface area contributed by atoms with Gasteiger partial charge in [-0.3, -0.25) is 4.79 Å². The highest BCUT2D eigenvalue weighted by atomic mass is 16.5. The van der Waals surface area contributed by atoms with E-state index in [1.807, 2.05) is 48.9 Å². The highest BCUT2D eigenvalue weighted by Crippen LogP contribution is 2.25. The van der Waals surface area contributed by atoms with Crippen LogP contribution in [0, 0.1) is 13.8 Å². The summed E-state index contributed by atoms with van der Waals surface area (Å²) in [6.07, 6.45) is 2.22. The molecule has 6 heteroatoms. The molecule has 3 rings (SSSR count). The van der Waals surface area contributed by atoms with Gasteiger partial charge in [-0.15, -0.1) is 0 Å². The van der Waals surface area contributed by atoms with Crippen LogP contribution in [0.15, 0.2) is 30.3 Å². The first-order valence-corrected chi connectivity index (χ1v) is 9.55. The number of carbonyl (C=O) groups excluding carboxylic acids is 1. The molecule has 1 N–H and O–H groups in total. The van der Waals surface area contributed by atoms with Crippen LogP contribution in [0.3, 0.4) is 0 Å². The first kappa shape index (κ1) is 19.6. The second-order valence-corrected chi connectivity index (χ2v) is 7.58. The van der Waals surface area contributed by atoms with Crippen molar-refractivity contribution < 1.29 is 9.53 Å². The number of nitrogens with one attached hydrogen (secondary N) is 1. The lowest BCUT2D eigenvalue weighted by Crippen LogP contribution is -2.55. The molecule has 1 aromatic heterocycles. The molecule has 0 aliphatic carbocycles. The van der Waals surface area contributed by atoms with Gasteiger partial charge in [-0.1, -0.05) is 18.2 Å². The molecule has 27 heavy (non-hydrogen) atoms. The Balaban J connectivity index is 1.68. The van der Waals surface area contributed by atoms with Crippen molar-refractivity contribution in [1.82, 2.24) is 20.0 Å². The van der Waals surface area contributed by atoms with Gasteiger partial charge in [0.25, 0.3) is 0 Å². The molecule has 0 saturated carbocycles. The smallest absolute Gasteiger partial charge is 0.224 e. The predicted octanol–water partition coefficient (Wildman–Crippen LogP) is 2.26. The van der Waals surface area contributed by atoms with Crippen LogP contribution < -0.4 is 5.32 Å². The number of amides is 1. The summed E-state index contributed by atoms with van der Waals surface area (Å²) in [6, 6.07) is 10.0. The monoisotopic (exact) mass is 370 g/mol. The number of carbonyl (C=O) groups is 1. The molecule has 1 saturated heterocycles. The number of aryl methyl sites for hydroxylation is 1. The van der Waals surface area contributed by atoms with Crippen molar-refractivity contribution in [1.29, 1.82) is 0 Å². The Kier molecular flexibility index (Phi) is 5.97. The zero-order chi connectivity index (χ0) is 19.4. The minimum absolute atomic E-state index is 0.0216. The number of hydrogen-bond acceptors (Lipinski definition) is 4. The van der Waals surface area contributed by atoms with Gasteiger partial charge in [0, 0.05) is 36.6 Å². The van der Waals surface area contributed by atoms with E-state index >= 15 is 0 Å². The second-order valence-electron chi connectivity index (χ2n) is 7.58. The molecule has 0 radical (unpaired) electrons. The fourth-order valence-electron chi connectivity index (χ4n) is 3.77. The van der Waals surface area contributed by atoms with Crippen molar-refractivity contribution in [2.75, 3.05) is 33.9 Å². The number of likely N-dealkylation sites (N-methyl/N-ethyl adjacent to an activating group) is 1. The van der Waals surface area contributed by atoms with E-state index in [2.05, 4.69) is 29.4 Å². The standard InChI is InChI=1S/C21H30N4O2/c1-16-19(17(2)25(23-16)18-8-6-5-7-9-18)14-20(26)22-15-21(24(3)4)10-12-27-13-11-21/h5-9H,10-15H2,1-4H3,(H,22,26). The SMILES string of the molecule is Cc1nn(-c2ccccc2)c(C)c1CC(=O)NCC1(N(C)C)CCOCC1. The minimum Gasteiger partial charge on any atom is -0.381 e. The lowest BCUT2D eigenvalue weighted by Gasteiger charge is -2.42. The van der Waals surface area contributed by atoms with E-state index in [9.17, 15) is 4.79 Å². The molecular weight excluding hydrogens is 340 g/mol. The summed E-state index contributed by atoms with van der Waals surface area (Å²) in [6.45, 7) is 6.13. The Morgan fingerprint density at radius 3 is 2.52 bits per heavy atom. The number of para-hydroxylation sites is 1. The van der Waals surface area contributed by atoms with Gasteiger partial charge >= 0.3 is 0 Å². The van der Waals surface area contributed by atoms with Crippen molar-refractivity contribution in [2.24, 2.45) is 0 Å². The van der Waals surface area contributed by atoms with E-state index in [1.54, 1.807) is 0 Å². The van der Waals surface area contributed by atoms with E-state index in [4.69, 9.17) is 4.74 Å². The predicted molar refractivity (Wildman–Crippen MR) is 106 cm³/mol. The molecule has 6 nitrogen and oxygen atoms in total. The Hall–Kier alpha value is -2.18. The van der Waals surface area contributed by atoms with E-state index in [-0.39, 0.29) is 11.4 Å². The summed E-state index contributed by atoms with van der Waals surface area (Å²) in [4.78, 5) is 14.9. The van der Waals surface area contributed by atoms with Gasteiger partial charge in [0.1, 0.15) is 0 Å². The van der Waals surface area contributed by atoms with Gasteiger partial charge in [0.15, 0.2) is 0 Å². The Morgan fingerprint density at radius 1 is 1.22 bits per heavy atom. The maximum Gasteiger partial charge on any atom is 0.224 e. The van der Waals surface area contributed by atoms with E-state index in [0.29, 0.717) is 13.0 Å². The fourth-order valence-corrected chi connectivity index (χ4v) is 3.77. The molecular formula is C21H30N4O2. The van der Waals surface area contributed by atoms with Crippen molar-refractivity contribution in [3.8, 4) is 5.69 Å². The molecule has 0 atom stereocenters. The van der Waals surface area contributed by atoms with Crippen LogP contribution in [-0.2, 0) is 16.0 Å². The Bertz CT molecular complexity index is 777. The number of aromatic nitrogens is 2. The average molecular weight is 370 g/mol. The fraction of sp³-hybridized carbons (Fsp3) is 0.524. The summed E-state index contributed by atoms with van der Waals surface area (Å²) in [5, 5.41) is 7.79. The average Bonchev–Trinajstić information content (AvgIpc) is 2.96. The minimum atomic E-state index is -0.0216. The Morgan fingerprint density at radius 2 is 1.89 bits per heavy atom. The molecule has 1 amide bonds. The molecule has 0 spiro atoms. The van der Waals surface area contributed by atoms with Gasteiger partial charge < -0.3 is 15.0 Å². The molecule has 1 fully saturated rings. The summed E-state index contributed by atoms with van der Waals surface area (Å²) < 4.78 is 7.42. The van der Waals surface area contributed by atoms with Crippen molar-refractivity contribution in [3.05, 3.63) is 47.3 Å². The van der Waals surface area contributed by atoms with Gasteiger partial charge in [-0.2, -0.15) is 5.10 Å². The van der Waals surface area contributed by atoms with Crippen LogP contribution in [-0.4, -0.2) is 60.0 Å². The lowest BCUT2D eigenvalue weighted by molar-refractivity contribution is -0.121. The number of nitrogens with zero attached hydrogens (tertiary/aromatic N) is 3. The molecule has 1 aliphatic rings. The summed E-state index contributed by atoms with van der Waals surface area (Å²) in [5.74, 6) is 0.0431. The van der Waals surface area contributed by atoms with Crippen molar-refractivity contribution in [2.45, 2.75) is 38.6 Å². The van der Waals surface area contributed by atoms with Crippen molar-refractivity contribution >= 4 is 5.91 Å². The van der Waals surface area contributed by atoms with Crippen molar-refractivity contribution in [3.63, 3.8) is 0 Å². The van der Waals surface area contributed by atoms with Crippen LogP contribution in [0.2, 0.25) is 0 Å². The number of benzene rings is 1. The van der Waals surface area contributed by atoms with Crippen LogP contribution in [0.5, 0.6) is 0 Å². The number of hydrogen-bond donors (Lipinski definition) is 1. The third-order valence-electron chi connectivity index (χ3n) is 5.77. The van der Waals surface area contributed by atoms with Crippen LogP contribution >= 0.6 is 0 Å². The third-order valence-corrected chi connectivity index (χ3v) is 5.77. The highest BCUT2D eigenvalue weighted by molar-refractivity contribution is 5.79. The van der Waals surface area contributed by atoms with Crippen LogP contribution in [0.1, 0.15) is 29.8 Å². The van der Waals surface area contributed by atoms with Gasteiger partial charge in [0.2, 0.25) is 5.91 Å². The van der Waals surface area contributed by atoms with E-state index in [1.165, 1.54) is 0 Å². The van der Waals surface area contributed by atoms with E-state index in [0.717, 1.165) is 48.7 Å². The third kappa shape index (κ3) is 4.22. The normalized spacial score (nSPS) is 16.5. The second kappa shape index (κ2) is 8.23. The van der Waals surface area contributed by atoms with Crippen LogP contribution in [0.4, 0.5) is 0 Å². The Labute approximate surface area is 161 Å². The highest BCUT2D eigenvalue weighted by Gasteiger charge is 2.35. The summed E-state index contributed by atoms with van der Waals surface area (Å²) in [7, 11) is 4.16. The van der Waals surface area contributed by atoms with Gasteiger partial charge in [0.05, 0.1) is 17.8 Å². The van der Waals surface area contributed by atoms with Crippen LogP contribution in [0.25, 0.3) is 5.69 Å². The topological polar surface area (TPSA) is 59.4 Å². The molecule has 2 aromatic rings. The lowest BCUT2D eigenvalue weighted by atomic mass is 9.88. The summed E-state index contributed by atoms with van der Waals surface area (Å²) in [5.41, 5.74) is 3.91. The zero-order valence-electron chi connectivity index (χ0n) is 16.8. The quantitative estimate of drug-likeness (QED) is 0.847. The first-order chi connectivity index (χ1) is 12.9.